The molecule has 1 aliphatic rings. The van der Waals surface area contributed by atoms with E-state index >= 15 is 0 Å². The van der Waals surface area contributed by atoms with E-state index in [0.717, 1.165) is 41.6 Å². The number of aromatic nitrogens is 4. The highest BCUT2D eigenvalue weighted by Crippen LogP contribution is 2.30. The van der Waals surface area contributed by atoms with Crippen molar-refractivity contribution in [3.05, 3.63) is 53.9 Å². The molecule has 1 saturated heterocycles. The van der Waals surface area contributed by atoms with Crippen LogP contribution in [0, 0.1) is 19.7 Å². The van der Waals surface area contributed by atoms with Crippen molar-refractivity contribution in [1.29, 1.82) is 0 Å². The summed E-state index contributed by atoms with van der Waals surface area (Å²) in [6.07, 6.45) is 6.40. The summed E-state index contributed by atoms with van der Waals surface area (Å²) < 4.78 is 20.1. The molecule has 2 atom stereocenters. The van der Waals surface area contributed by atoms with E-state index in [1.165, 1.54) is 11.8 Å². The van der Waals surface area contributed by atoms with Crippen LogP contribution in [0.25, 0.3) is 16.6 Å². The predicted octanol–water partition coefficient (Wildman–Crippen LogP) is 3.53. The van der Waals surface area contributed by atoms with Crippen LogP contribution in [-0.4, -0.2) is 58.0 Å². The minimum atomic E-state index is -0.402. The smallest absolute Gasteiger partial charge is 0.316 e. The van der Waals surface area contributed by atoms with Crippen molar-refractivity contribution in [2.24, 2.45) is 10.7 Å². The number of nitrogens with one attached hydrogen (secondary N) is 1. The molecule has 1 aliphatic heterocycles. The Hall–Kier alpha value is -3.79. The van der Waals surface area contributed by atoms with Gasteiger partial charge in [0.25, 0.3) is 0 Å². The average molecular weight is 479 g/mol. The van der Waals surface area contributed by atoms with Crippen LogP contribution in [-0.2, 0) is 0 Å². The van der Waals surface area contributed by atoms with Crippen molar-refractivity contribution >= 4 is 34.3 Å². The SMILES string of the molecule is COc1ncc2c(N3CC(C)NC(C)C3)ccc(C)c2n1.Cc1cn2cc(N=CN)cc(F)c2n1. The van der Waals surface area contributed by atoms with Crippen molar-refractivity contribution in [3.8, 4) is 6.01 Å². The topological polar surface area (TPSA) is 106 Å². The number of ether oxygens (including phenoxy) is 1. The van der Waals surface area contributed by atoms with Gasteiger partial charge in [0.2, 0.25) is 0 Å². The summed E-state index contributed by atoms with van der Waals surface area (Å²) in [5.41, 5.74) is 9.98. The molecule has 35 heavy (non-hydrogen) atoms. The zero-order chi connectivity index (χ0) is 25.1. The van der Waals surface area contributed by atoms with Gasteiger partial charge in [0.05, 0.1) is 30.3 Å². The Bertz CT molecular complexity index is 1360. The maximum absolute atomic E-state index is 13.4. The van der Waals surface area contributed by atoms with Gasteiger partial charge in [-0.05, 0) is 39.3 Å². The number of methoxy groups -OCH3 is 1. The number of benzene rings is 1. The van der Waals surface area contributed by atoms with Crippen molar-refractivity contribution in [1.82, 2.24) is 24.7 Å². The van der Waals surface area contributed by atoms with Crippen molar-refractivity contribution < 1.29 is 9.13 Å². The molecule has 9 nitrogen and oxygen atoms in total. The number of fused-ring (bicyclic) bond motifs is 2. The van der Waals surface area contributed by atoms with Gasteiger partial charge in [-0.3, -0.25) is 0 Å². The number of anilines is 1. The van der Waals surface area contributed by atoms with Crippen LogP contribution in [0.2, 0.25) is 0 Å². The highest BCUT2D eigenvalue weighted by molar-refractivity contribution is 5.93. The minimum Gasteiger partial charge on any atom is -0.467 e. The molecule has 5 rings (SSSR count). The third kappa shape index (κ3) is 5.32. The standard InChI is InChI=1S/C16H22N4O.C9H9FN4/c1-10-5-6-14(20-8-11(2)18-12(3)9-20)13-7-17-16(21-4)19-15(10)13;1-6-3-14-4-7(12-5-11)2-8(10)9(14)13-6/h5-7,11-12,18H,8-9H2,1-4H3;2-5H,1H3,(H2,11,12). The number of nitrogens with two attached hydrogens (primary N) is 1. The van der Waals surface area contributed by atoms with Crippen LogP contribution in [0.15, 0.2) is 41.8 Å². The zero-order valence-electron chi connectivity index (χ0n) is 20.7. The van der Waals surface area contributed by atoms with E-state index in [4.69, 9.17) is 10.5 Å². The molecule has 184 valence electrons. The average Bonchev–Trinajstić information content (AvgIpc) is 3.20. The van der Waals surface area contributed by atoms with E-state index in [1.807, 2.05) is 6.20 Å². The quantitative estimate of drug-likeness (QED) is 0.343. The van der Waals surface area contributed by atoms with Gasteiger partial charge >= 0.3 is 6.01 Å². The predicted molar refractivity (Wildman–Crippen MR) is 137 cm³/mol. The Morgan fingerprint density at radius 3 is 2.60 bits per heavy atom. The van der Waals surface area contributed by atoms with Crippen LogP contribution >= 0.6 is 0 Å². The van der Waals surface area contributed by atoms with E-state index < -0.39 is 5.82 Å². The molecule has 0 bridgehead atoms. The third-order valence-electron chi connectivity index (χ3n) is 5.82. The van der Waals surface area contributed by atoms with Gasteiger partial charge in [0, 0.05) is 60.9 Å². The van der Waals surface area contributed by atoms with E-state index in [2.05, 4.69) is 63.1 Å². The fourth-order valence-corrected chi connectivity index (χ4v) is 4.45. The van der Waals surface area contributed by atoms with Gasteiger partial charge in [0.15, 0.2) is 11.5 Å². The molecular formula is C25H31FN8O. The Morgan fingerprint density at radius 2 is 1.91 bits per heavy atom. The largest absolute Gasteiger partial charge is 0.467 e. The Balaban J connectivity index is 0.000000179. The molecule has 0 spiro atoms. The molecule has 4 heterocycles. The molecule has 0 aliphatic carbocycles. The first-order chi connectivity index (χ1) is 16.8. The number of rotatable bonds is 3. The molecule has 3 aromatic heterocycles. The van der Waals surface area contributed by atoms with Gasteiger partial charge in [-0.1, -0.05) is 6.07 Å². The summed E-state index contributed by atoms with van der Waals surface area (Å²) in [5, 5.41) is 4.66. The molecule has 2 unspecified atom stereocenters. The highest BCUT2D eigenvalue weighted by atomic mass is 19.1. The van der Waals surface area contributed by atoms with Crippen LogP contribution in [0.3, 0.4) is 0 Å². The fourth-order valence-electron chi connectivity index (χ4n) is 4.45. The van der Waals surface area contributed by atoms with Crippen LogP contribution in [0.4, 0.5) is 15.8 Å². The maximum atomic E-state index is 13.4. The van der Waals surface area contributed by atoms with Crippen LogP contribution in [0.1, 0.15) is 25.1 Å². The lowest BCUT2D eigenvalue weighted by Gasteiger charge is -2.38. The summed E-state index contributed by atoms with van der Waals surface area (Å²) in [5.74, 6) is -0.402. The first-order valence-corrected chi connectivity index (χ1v) is 11.5. The normalized spacial score (nSPS) is 18.2. The van der Waals surface area contributed by atoms with Gasteiger partial charge < -0.3 is 25.1 Å². The second kappa shape index (κ2) is 10.2. The lowest BCUT2D eigenvalue weighted by molar-refractivity contribution is 0.381. The molecule has 4 aromatic rings. The second-order valence-corrected chi connectivity index (χ2v) is 8.83. The zero-order valence-corrected chi connectivity index (χ0v) is 20.7. The number of nitrogens with zero attached hydrogens (tertiary/aromatic N) is 6. The Kier molecular flexibility index (Phi) is 7.11. The van der Waals surface area contributed by atoms with Crippen LogP contribution < -0.4 is 20.7 Å². The summed E-state index contributed by atoms with van der Waals surface area (Å²) in [6.45, 7) is 10.3. The molecule has 1 fully saturated rings. The molecule has 3 N–H and O–H groups in total. The number of halogens is 1. The summed E-state index contributed by atoms with van der Waals surface area (Å²) in [6, 6.07) is 6.98. The maximum Gasteiger partial charge on any atom is 0.316 e. The Labute approximate surface area is 203 Å². The molecule has 0 radical (unpaired) electrons. The molecule has 0 amide bonds. The van der Waals surface area contributed by atoms with Gasteiger partial charge in [-0.2, -0.15) is 4.98 Å². The number of pyridine rings is 1. The van der Waals surface area contributed by atoms with E-state index in [-0.39, 0.29) is 0 Å². The van der Waals surface area contributed by atoms with Crippen molar-refractivity contribution in [2.45, 2.75) is 39.8 Å². The first kappa shape index (κ1) is 24.3. The monoisotopic (exact) mass is 478 g/mol. The van der Waals surface area contributed by atoms with Gasteiger partial charge in [-0.15, -0.1) is 0 Å². The van der Waals surface area contributed by atoms with E-state index in [0.29, 0.717) is 29.4 Å². The van der Waals surface area contributed by atoms with Crippen molar-refractivity contribution in [3.63, 3.8) is 0 Å². The number of piperazine rings is 1. The lowest BCUT2D eigenvalue weighted by atomic mass is 10.1. The molecule has 1 aromatic carbocycles. The number of aryl methyl sites for hydroxylation is 2. The molecule has 10 heteroatoms. The summed E-state index contributed by atoms with van der Waals surface area (Å²) >= 11 is 0. The third-order valence-corrected chi connectivity index (χ3v) is 5.82. The molecular weight excluding hydrogens is 447 g/mol. The first-order valence-electron chi connectivity index (χ1n) is 11.5. The fraction of sp³-hybridized carbons (Fsp3) is 0.360. The minimum absolute atomic E-state index is 0.304. The number of imidazole rings is 1. The molecule has 0 saturated carbocycles. The number of hydrogen-bond donors (Lipinski definition) is 2. The van der Waals surface area contributed by atoms with Gasteiger partial charge in [-0.25, -0.2) is 19.4 Å². The second-order valence-electron chi connectivity index (χ2n) is 8.83. The number of hydrogen-bond acceptors (Lipinski definition) is 7. The highest BCUT2D eigenvalue weighted by Gasteiger charge is 2.23. The lowest BCUT2D eigenvalue weighted by Crippen LogP contribution is -2.54. The van der Waals surface area contributed by atoms with Crippen molar-refractivity contribution in [2.75, 3.05) is 25.1 Å². The Morgan fingerprint density at radius 1 is 1.17 bits per heavy atom. The van der Waals surface area contributed by atoms with Gasteiger partial charge in [0.1, 0.15) is 0 Å². The number of aliphatic imine (C=N–C) groups is 1. The van der Waals surface area contributed by atoms with E-state index in [9.17, 15) is 4.39 Å². The summed E-state index contributed by atoms with van der Waals surface area (Å²) in [4.78, 5) is 19.0. The van der Waals surface area contributed by atoms with E-state index in [1.54, 1.807) is 30.8 Å². The summed E-state index contributed by atoms with van der Waals surface area (Å²) in [7, 11) is 1.60. The van der Waals surface area contributed by atoms with Crippen LogP contribution in [0.5, 0.6) is 6.01 Å².